The van der Waals surface area contributed by atoms with E-state index in [1.54, 1.807) is 26.8 Å². The number of hydrogen-bond donors (Lipinski definition) is 12. The van der Waals surface area contributed by atoms with Gasteiger partial charge in [0.25, 0.3) is 39.3 Å². The second kappa shape index (κ2) is 14.5. The molecule has 12 N–H and O–H groups in total. The van der Waals surface area contributed by atoms with Crippen LogP contribution in [0.4, 0.5) is 14.0 Å². The third-order valence-corrected chi connectivity index (χ3v) is 12.9. The average molecular weight is 876 g/mol. The van der Waals surface area contributed by atoms with Gasteiger partial charge in [0.15, 0.2) is 0 Å². The van der Waals surface area contributed by atoms with Crippen molar-refractivity contribution in [3.8, 4) is 0 Å². The highest BCUT2D eigenvalue weighted by Gasteiger charge is 2.96. The van der Waals surface area contributed by atoms with E-state index in [2.05, 4.69) is 10.6 Å². The lowest BCUT2D eigenvalue weighted by atomic mass is 10.0. The Labute approximate surface area is 340 Å². The van der Waals surface area contributed by atoms with Crippen molar-refractivity contribution >= 4 is 39.9 Å². The molecule has 2 saturated carbocycles. The molecule has 25 heteroatoms. The van der Waals surface area contributed by atoms with E-state index in [-0.39, 0.29) is 12.8 Å². The van der Waals surface area contributed by atoms with Gasteiger partial charge in [-0.25, -0.2) is 27.1 Å². The molecule has 0 spiro atoms. The van der Waals surface area contributed by atoms with Crippen LogP contribution in [-0.2, 0) is 45.7 Å². The van der Waals surface area contributed by atoms with Gasteiger partial charge in [0, 0.05) is 17.9 Å². The van der Waals surface area contributed by atoms with Crippen LogP contribution in [0.25, 0.3) is 0 Å². The number of carbonyl (C=O) groups is 5. The van der Waals surface area contributed by atoms with E-state index in [1.165, 1.54) is 10.8 Å². The molecule has 0 radical (unpaired) electrons. The van der Waals surface area contributed by atoms with Gasteiger partial charge in [-0.05, 0) is 52.5 Å². The molecule has 6 rings (SSSR count). The summed E-state index contributed by atoms with van der Waals surface area (Å²) in [5.41, 5.74) is -5.16. The maximum Gasteiger partial charge on any atom is 0.419 e. The topological polar surface area (TPSA) is 363 Å². The van der Waals surface area contributed by atoms with Gasteiger partial charge in [-0.3, -0.25) is 14.4 Å². The fourth-order valence-electron chi connectivity index (χ4n) is 7.78. The SMILES string of the molecule is CC(C)(C)OC(=O)NC1CCCCCC=CC2CC2(C(=O)NS(=O)(=O)C2(O)C(O)(O)C2(O)O)NC(=O)C2CC(OC(=O)N3C(O)(O)c4cccc(F)c4C3(O)O)CN2C1=O. The Bertz CT molecular complexity index is 2110. The summed E-state index contributed by atoms with van der Waals surface area (Å²) in [6.07, 6.45) is -0.688. The first kappa shape index (κ1) is 45.0. The van der Waals surface area contributed by atoms with Crippen molar-refractivity contribution in [1.29, 1.82) is 0 Å². The van der Waals surface area contributed by atoms with Crippen LogP contribution in [0.2, 0.25) is 0 Å². The van der Waals surface area contributed by atoms with E-state index in [4.69, 9.17) is 9.47 Å². The number of sulfonamides is 1. The lowest BCUT2D eigenvalue weighted by Crippen LogP contribution is -2.59. The number of allylic oxidation sites excluding steroid dienone is 1. The Hall–Kier alpha value is -4.57. The van der Waals surface area contributed by atoms with Crippen molar-refractivity contribution < 1.29 is 92.2 Å². The number of alkyl carbamates (subject to hydrolysis) is 1. The summed E-state index contributed by atoms with van der Waals surface area (Å²) >= 11 is 0. The number of amides is 5. The minimum absolute atomic E-state index is 0.00603. The normalized spacial score (nSPS) is 30.0. The first-order chi connectivity index (χ1) is 27.5. The van der Waals surface area contributed by atoms with Crippen molar-refractivity contribution in [2.45, 2.75) is 123 Å². The van der Waals surface area contributed by atoms with Crippen LogP contribution >= 0.6 is 0 Å². The Morgan fingerprint density at radius 1 is 0.950 bits per heavy atom. The summed E-state index contributed by atoms with van der Waals surface area (Å²) in [6, 6.07) is -0.521. The van der Waals surface area contributed by atoms with Crippen LogP contribution in [0, 0.1) is 11.7 Å². The molecule has 3 aliphatic heterocycles. The second-order valence-corrected chi connectivity index (χ2v) is 18.3. The predicted octanol–water partition coefficient (Wildman–Crippen LogP) is -3.76. The quantitative estimate of drug-likeness (QED) is 0.0998. The molecular formula is C35H46FN5O18S. The minimum Gasteiger partial charge on any atom is -0.444 e. The number of hydrogen-bond acceptors (Lipinski definition) is 18. The van der Waals surface area contributed by atoms with Crippen molar-refractivity contribution in [3.05, 3.63) is 47.3 Å². The van der Waals surface area contributed by atoms with E-state index in [0.29, 0.717) is 25.7 Å². The summed E-state index contributed by atoms with van der Waals surface area (Å²) in [5.74, 6) is -21.4. The standard InChI is InChI=1S/C35H46FN5O18S/c1-29(2,3)59-27(45)37-21-13-8-6-4-5-7-10-17-15-30(17,26(44)39-60(56,57)35(55)33(51,52)34(35,53)54)38-24(42)22-14-18(16-40(22)25(21)43)58-28(46)41-31(47,48)19-11-9-12-20(36)23(19)32(41,49)50/h7,9-12,17-18,21-22,47-55H,4-6,8,13-16H2,1-3H3,(H,37,45)(H,38,42)(H,39,44). The number of aliphatic hydroxyl groups is 9. The molecule has 1 saturated heterocycles. The highest BCUT2D eigenvalue weighted by molar-refractivity contribution is 7.91. The van der Waals surface area contributed by atoms with E-state index in [0.717, 1.165) is 23.1 Å². The monoisotopic (exact) mass is 875 g/mol. The van der Waals surface area contributed by atoms with Crippen LogP contribution in [0.3, 0.4) is 0 Å². The van der Waals surface area contributed by atoms with Gasteiger partial charge < -0.3 is 71.0 Å². The van der Waals surface area contributed by atoms with E-state index in [1.807, 2.05) is 0 Å². The number of ether oxygens (including phenoxy) is 2. The number of benzene rings is 1. The summed E-state index contributed by atoms with van der Waals surface area (Å²) in [4.78, 5) is 65.1. The zero-order valence-electron chi connectivity index (χ0n) is 32.2. The number of nitrogens with one attached hydrogen (secondary N) is 3. The molecule has 60 heavy (non-hydrogen) atoms. The minimum atomic E-state index is -5.78. The van der Waals surface area contributed by atoms with Crippen molar-refractivity contribution in [3.63, 3.8) is 0 Å². The first-order valence-electron chi connectivity index (χ1n) is 18.6. The zero-order chi connectivity index (χ0) is 44.8. The maximum atomic E-state index is 14.7. The van der Waals surface area contributed by atoms with Crippen LogP contribution in [0.5, 0.6) is 0 Å². The highest BCUT2D eigenvalue weighted by atomic mass is 32.2. The van der Waals surface area contributed by atoms with Gasteiger partial charge in [-0.15, -0.1) is 0 Å². The van der Waals surface area contributed by atoms with Crippen LogP contribution in [-0.4, -0.2) is 146 Å². The smallest absolute Gasteiger partial charge is 0.419 e. The molecule has 3 heterocycles. The summed E-state index contributed by atoms with van der Waals surface area (Å²) in [7, 11) is -5.78. The van der Waals surface area contributed by atoms with Crippen LogP contribution in [0.15, 0.2) is 30.4 Å². The highest BCUT2D eigenvalue weighted by Crippen LogP contribution is 2.57. The molecular weight excluding hydrogens is 829 g/mol. The van der Waals surface area contributed by atoms with Gasteiger partial charge >= 0.3 is 17.1 Å². The Kier molecular flexibility index (Phi) is 10.9. The van der Waals surface area contributed by atoms with Crippen LogP contribution in [0.1, 0.15) is 76.8 Å². The molecule has 0 aromatic heterocycles. The zero-order valence-corrected chi connectivity index (χ0v) is 33.0. The van der Waals surface area contributed by atoms with Gasteiger partial charge in [0.05, 0.1) is 12.1 Å². The molecule has 1 aromatic rings. The summed E-state index contributed by atoms with van der Waals surface area (Å²) in [5, 5.41) is 97.5. The molecule has 5 unspecified atom stereocenters. The van der Waals surface area contributed by atoms with Crippen molar-refractivity contribution in [2.24, 2.45) is 5.92 Å². The number of rotatable bonds is 5. The number of fused-ring (bicyclic) bond motifs is 3. The van der Waals surface area contributed by atoms with Gasteiger partial charge in [-0.1, -0.05) is 37.1 Å². The predicted molar refractivity (Wildman–Crippen MR) is 192 cm³/mol. The Balaban J connectivity index is 1.32. The lowest BCUT2D eigenvalue weighted by molar-refractivity contribution is -0.362. The van der Waals surface area contributed by atoms with Gasteiger partial charge in [-0.2, -0.15) is 4.90 Å². The summed E-state index contributed by atoms with van der Waals surface area (Å²) < 4.78 is 52.8. The molecule has 332 valence electrons. The van der Waals surface area contributed by atoms with Gasteiger partial charge in [0.2, 0.25) is 11.8 Å². The molecule has 5 atom stereocenters. The van der Waals surface area contributed by atoms with E-state index in [9.17, 15) is 82.7 Å². The number of carbonyl (C=O) groups excluding carboxylic acids is 5. The average Bonchev–Trinajstić information content (AvgIpc) is 3.72. The second-order valence-electron chi connectivity index (χ2n) is 16.5. The summed E-state index contributed by atoms with van der Waals surface area (Å²) in [6.45, 7) is 3.99. The fraction of sp³-hybridized carbons (Fsp3) is 0.629. The van der Waals surface area contributed by atoms with Crippen molar-refractivity contribution in [2.75, 3.05) is 6.54 Å². The van der Waals surface area contributed by atoms with E-state index < -0.39 is 138 Å². The number of halogens is 1. The molecule has 5 aliphatic rings. The fourth-order valence-corrected chi connectivity index (χ4v) is 9.33. The molecule has 0 bridgehead atoms. The first-order valence-corrected chi connectivity index (χ1v) is 20.1. The Morgan fingerprint density at radius 3 is 2.20 bits per heavy atom. The third-order valence-electron chi connectivity index (χ3n) is 11.1. The molecule has 3 fully saturated rings. The third kappa shape index (κ3) is 7.14. The molecule has 1 aromatic carbocycles. The molecule has 5 amide bonds. The molecule has 23 nitrogen and oxygen atoms in total. The van der Waals surface area contributed by atoms with E-state index >= 15 is 0 Å². The lowest BCUT2D eigenvalue weighted by Gasteiger charge is -2.34. The Morgan fingerprint density at radius 2 is 1.60 bits per heavy atom. The largest absolute Gasteiger partial charge is 0.444 e. The number of nitrogens with zero attached hydrogens (tertiary/aromatic N) is 2. The van der Waals surface area contributed by atoms with Crippen molar-refractivity contribution in [1.82, 2.24) is 25.2 Å². The van der Waals surface area contributed by atoms with Gasteiger partial charge in [0.1, 0.15) is 35.1 Å². The molecule has 2 aliphatic carbocycles. The maximum absolute atomic E-state index is 14.7. The van der Waals surface area contributed by atoms with Crippen LogP contribution < -0.4 is 15.4 Å².